The number of ether oxygens (including phenoxy) is 4. The number of esters is 1. The minimum Gasteiger partial charge on any atom is -0.493 e. The molecule has 2 heterocycles. The Kier molecular flexibility index (Phi) is 7.78. The SMILES string of the molecule is COc1cc(NC(=O)COC(=O)c2c(C)nc(-c3ccco3)nc2SC)cc(OC)c1OC. The van der Waals surface area contributed by atoms with Gasteiger partial charge in [-0.05, 0) is 25.3 Å². The smallest absolute Gasteiger partial charge is 0.343 e. The van der Waals surface area contributed by atoms with E-state index in [9.17, 15) is 9.59 Å². The summed E-state index contributed by atoms with van der Waals surface area (Å²) in [5.41, 5.74) is 0.992. The Labute approximate surface area is 194 Å². The van der Waals surface area contributed by atoms with Crippen LogP contribution in [0.4, 0.5) is 5.69 Å². The quantitative estimate of drug-likeness (QED) is 0.280. The predicted molar refractivity (Wildman–Crippen MR) is 121 cm³/mol. The number of aryl methyl sites for hydroxylation is 1. The Morgan fingerprint density at radius 1 is 1.09 bits per heavy atom. The first-order valence-electron chi connectivity index (χ1n) is 9.65. The zero-order valence-corrected chi connectivity index (χ0v) is 19.6. The van der Waals surface area contributed by atoms with Crippen LogP contribution in [0, 0.1) is 6.92 Å². The maximum absolute atomic E-state index is 12.7. The molecule has 10 nitrogen and oxygen atoms in total. The van der Waals surface area contributed by atoms with Crippen LogP contribution in [0.1, 0.15) is 16.1 Å². The molecule has 0 aliphatic rings. The van der Waals surface area contributed by atoms with Gasteiger partial charge in [0, 0.05) is 17.8 Å². The first-order valence-corrected chi connectivity index (χ1v) is 10.9. The predicted octanol–water partition coefficient (Wildman–Crippen LogP) is 3.59. The fourth-order valence-electron chi connectivity index (χ4n) is 3.00. The van der Waals surface area contributed by atoms with Crippen molar-refractivity contribution in [3.05, 3.63) is 41.8 Å². The number of rotatable bonds is 9. The number of hydrogen-bond donors (Lipinski definition) is 1. The van der Waals surface area contributed by atoms with Crippen LogP contribution in [0.2, 0.25) is 0 Å². The van der Waals surface area contributed by atoms with E-state index in [0.29, 0.717) is 45.2 Å². The molecule has 0 spiro atoms. The number of anilines is 1. The minimum atomic E-state index is -0.706. The van der Waals surface area contributed by atoms with Gasteiger partial charge in [0.05, 0.1) is 33.3 Å². The number of hydrogen-bond acceptors (Lipinski definition) is 10. The van der Waals surface area contributed by atoms with E-state index in [4.69, 9.17) is 23.4 Å². The number of nitrogens with one attached hydrogen (secondary N) is 1. The number of methoxy groups -OCH3 is 3. The maximum Gasteiger partial charge on any atom is 0.343 e. The molecule has 3 rings (SSSR count). The Morgan fingerprint density at radius 3 is 2.33 bits per heavy atom. The van der Waals surface area contributed by atoms with Crippen molar-refractivity contribution >= 4 is 29.3 Å². The normalized spacial score (nSPS) is 10.5. The van der Waals surface area contributed by atoms with Gasteiger partial charge in [0.1, 0.15) is 10.6 Å². The van der Waals surface area contributed by atoms with Crippen LogP contribution in [0.15, 0.2) is 40.0 Å². The number of amides is 1. The summed E-state index contributed by atoms with van der Waals surface area (Å²) in [7, 11) is 4.42. The van der Waals surface area contributed by atoms with Crippen molar-refractivity contribution in [1.29, 1.82) is 0 Å². The monoisotopic (exact) mass is 473 g/mol. The van der Waals surface area contributed by atoms with E-state index in [1.54, 1.807) is 37.4 Å². The van der Waals surface area contributed by atoms with Crippen LogP contribution in [0.25, 0.3) is 11.6 Å². The van der Waals surface area contributed by atoms with E-state index in [-0.39, 0.29) is 5.56 Å². The summed E-state index contributed by atoms with van der Waals surface area (Å²) < 4.78 is 26.3. The molecule has 0 saturated heterocycles. The van der Waals surface area contributed by atoms with Gasteiger partial charge >= 0.3 is 5.97 Å². The highest BCUT2D eigenvalue weighted by Gasteiger charge is 2.22. The second kappa shape index (κ2) is 10.7. The summed E-state index contributed by atoms with van der Waals surface area (Å²) in [6.07, 6.45) is 3.29. The molecule has 0 bridgehead atoms. The van der Waals surface area contributed by atoms with E-state index >= 15 is 0 Å². The fraction of sp³-hybridized carbons (Fsp3) is 0.273. The molecular formula is C22H23N3O7S. The van der Waals surface area contributed by atoms with Gasteiger partial charge in [-0.15, -0.1) is 11.8 Å². The number of carbonyl (C=O) groups is 2. The summed E-state index contributed by atoms with van der Waals surface area (Å²) in [4.78, 5) is 33.8. The average Bonchev–Trinajstić information content (AvgIpc) is 3.36. The first-order chi connectivity index (χ1) is 15.9. The van der Waals surface area contributed by atoms with Gasteiger partial charge in [0.2, 0.25) is 5.75 Å². The van der Waals surface area contributed by atoms with Crippen molar-refractivity contribution in [2.24, 2.45) is 0 Å². The molecule has 1 aromatic carbocycles. The van der Waals surface area contributed by atoms with Crippen molar-refractivity contribution in [2.75, 3.05) is 39.5 Å². The van der Waals surface area contributed by atoms with E-state index in [2.05, 4.69) is 15.3 Å². The molecule has 0 saturated carbocycles. The number of benzene rings is 1. The Balaban J connectivity index is 1.72. The van der Waals surface area contributed by atoms with Crippen molar-refractivity contribution < 1.29 is 33.0 Å². The molecule has 0 radical (unpaired) electrons. The van der Waals surface area contributed by atoms with Crippen molar-refractivity contribution in [3.63, 3.8) is 0 Å². The number of carbonyl (C=O) groups excluding carboxylic acids is 2. The van der Waals surface area contributed by atoms with Crippen LogP contribution >= 0.6 is 11.8 Å². The number of thioether (sulfide) groups is 1. The Hall–Kier alpha value is -3.73. The van der Waals surface area contributed by atoms with Crippen molar-refractivity contribution in [2.45, 2.75) is 11.9 Å². The number of nitrogens with zero attached hydrogens (tertiary/aromatic N) is 2. The highest BCUT2D eigenvalue weighted by molar-refractivity contribution is 7.98. The van der Waals surface area contributed by atoms with Crippen LogP contribution in [-0.2, 0) is 9.53 Å². The molecule has 2 aromatic heterocycles. The van der Waals surface area contributed by atoms with Gasteiger partial charge in [-0.25, -0.2) is 14.8 Å². The molecule has 11 heteroatoms. The Bertz CT molecular complexity index is 1120. The zero-order valence-electron chi connectivity index (χ0n) is 18.8. The van der Waals surface area contributed by atoms with Gasteiger partial charge in [0.15, 0.2) is 29.7 Å². The van der Waals surface area contributed by atoms with Gasteiger partial charge in [-0.1, -0.05) is 0 Å². The fourth-order valence-corrected chi connectivity index (χ4v) is 3.61. The van der Waals surface area contributed by atoms with E-state index in [0.717, 1.165) is 0 Å². The molecule has 0 aliphatic carbocycles. The van der Waals surface area contributed by atoms with E-state index in [1.807, 2.05) is 0 Å². The van der Waals surface area contributed by atoms with Crippen LogP contribution in [-0.4, -0.2) is 56.0 Å². The highest BCUT2D eigenvalue weighted by atomic mass is 32.2. The summed E-state index contributed by atoms with van der Waals surface area (Å²) in [6, 6.07) is 6.59. The van der Waals surface area contributed by atoms with Gasteiger partial charge < -0.3 is 28.7 Å². The Morgan fingerprint density at radius 2 is 1.79 bits per heavy atom. The highest BCUT2D eigenvalue weighted by Crippen LogP contribution is 2.39. The zero-order chi connectivity index (χ0) is 24.0. The molecule has 1 N–H and O–H groups in total. The van der Waals surface area contributed by atoms with E-state index in [1.165, 1.54) is 39.4 Å². The molecule has 174 valence electrons. The van der Waals surface area contributed by atoms with Crippen molar-refractivity contribution in [1.82, 2.24) is 9.97 Å². The summed E-state index contributed by atoms with van der Waals surface area (Å²) >= 11 is 1.26. The van der Waals surface area contributed by atoms with Crippen LogP contribution in [0.5, 0.6) is 17.2 Å². The molecule has 0 aliphatic heterocycles. The molecule has 33 heavy (non-hydrogen) atoms. The molecule has 3 aromatic rings. The third-order valence-corrected chi connectivity index (χ3v) is 5.16. The second-order valence-electron chi connectivity index (χ2n) is 6.53. The lowest BCUT2D eigenvalue weighted by Gasteiger charge is -2.15. The van der Waals surface area contributed by atoms with Crippen LogP contribution in [0.3, 0.4) is 0 Å². The second-order valence-corrected chi connectivity index (χ2v) is 7.33. The molecule has 0 fully saturated rings. The van der Waals surface area contributed by atoms with Gasteiger partial charge in [-0.3, -0.25) is 4.79 Å². The third-order valence-electron chi connectivity index (χ3n) is 4.48. The maximum atomic E-state index is 12.7. The molecule has 1 amide bonds. The summed E-state index contributed by atoms with van der Waals surface area (Å²) in [5, 5.41) is 3.06. The van der Waals surface area contributed by atoms with Crippen molar-refractivity contribution in [3.8, 4) is 28.8 Å². The van der Waals surface area contributed by atoms with Gasteiger partial charge in [-0.2, -0.15) is 0 Å². The lowest BCUT2D eigenvalue weighted by atomic mass is 10.2. The topological polar surface area (TPSA) is 122 Å². The number of aromatic nitrogens is 2. The first kappa shape index (κ1) is 23.9. The molecule has 0 atom stereocenters. The summed E-state index contributed by atoms with van der Waals surface area (Å²) in [5.74, 6) is 0.729. The lowest BCUT2D eigenvalue weighted by molar-refractivity contribution is -0.119. The number of furan rings is 1. The lowest BCUT2D eigenvalue weighted by Crippen LogP contribution is -2.22. The standard InChI is InChI=1S/C22H23N3O7S/c1-12-18(21(33-5)25-20(23-12)14-7-6-8-31-14)22(27)32-11-17(26)24-13-9-15(28-2)19(30-4)16(10-13)29-3/h6-10H,11H2,1-5H3,(H,24,26). The molecular weight excluding hydrogens is 450 g/mol. The van der Waals surface area contributed by atoms with Crippen LogP contribution < -0.4 is 19.5 Å². The van der Waals surface area contributed by atoms with E-state index < -0.39 is 18.5 Å². The molecule has 0 unspecified atom stereocenters. The van der Waals surface area contributed by atoms with Gasteiger partial charge in [0.25, 0.3) is 5.91 Å². The average molecular weight is 474 g/mol. The largest absolute Gasteiger partial charge is 0.493 e. The minimum absolute atomic E-state index is 0.193. The summed E-state index contributed by atoms with van der Waals surface area (Å²) in [6.45, 7) is 1.16. The third kappa shape index (κ3) is 5.37.